The molecule has 5 heterocycles. The maximum atomic E-state index is 14.0. The van der Waals surface area contributed by atoms with Crippen molar-refractivity contribution >= 4 is 18.1 Å². The molecule has 2 aromatic carbocycles. The van der Waals surface area contributed by atoms with Gasteiger partial charge in [-0.25, -0.2) is 19.6 Å². The number of H-pyrrole nitrogens is 2. The number of likely N-dealkylation sites (tertiary alicyclic amines) is 2. The van der Waals surface area contributed by atoms with E-state index in [1.807, 2.05) is 45.7 Å². The topological polar surface area (TPSA) is 164 Å². The summed E-state index contributed by atoms with van der Waals surface area (Å²) in [6, 6.07) is 9.60. The number of aryl methyl sites for hydroxylation is 2. The van der Waals surface area contributed by atoms with Crippen molar-refractivity contribution in [1.29, 1.82) is 0 Å². The van der Waals surface area contributed by atoms with Crippen LogP contribution in [0.25, 0.3) is 33.6 Å². The Bertz CT molecular complexity index is 2220. The molecule has 8 rings (SSSR count). The van der Waals surface area contributed by atoms with Crippen molar-refractivity contribution in [3.05, 3.63) is 65.0 Å². The molecule has 0 bridgehead atoms. The Morgan fingerprint density at radius 1 is 0.983 bits per heavy atom. The van der Waals surface area contributed by atoms with Crippen molar-refractivity contribution in [3.63, 3.8) is 0 Å². The molecule has 58 heavy (non-hydrogen) atoms. The first-order valence-corrected chi connectivity index (χ1v) is 20.5. The van der Waals surface area contributed by atoms with Gasteiger partial charge < -0.3 is 39.1 Å². The number of aromatic nitrogens is 4. The van der Waals surface area contributed by atoms with Gasteiger partial charge in [0.1, 0.15) is 35.6 Å². The fraction of sp³-hybridized carbons (Fsp3) is 0.523. The highest BCUT2D eigenvalue weighted by molar-refractivity contribution is 5.87. The molecule has 2 fully saturated rings. The molecule has 4 unspecified atom stereocenters. The largest absolute Gasteiger partial charge is 0.488 e. The predicted octanol–water partition coefficient (Wildman–Crippen LogP) is 7.50. The summed E-state index contributed by atoms with van der Waals surface area (Å²) in [6.45, 7) is 13.0. The number of amides is 3. The molecular weight excluding hydrogens is 739 g/mol. The number of carbonyl (C=O) groups excluding carboxylic acids is 3. The number of alkyl carbamates (subject to hydrolysis) is 1. The third-order valence-corrected chi connectivity index (χ3v) is 12.0. The van der Waals surface area contributed by atoms with Crippen LogP contribution in [0.2, 0.25) is 0 Å². The zero-order chi connectivity index (χ0) is 41.0. The van der Waals surface area contributed by atoms with Crippen LogP contribution in [0.15, 0.2) is 36.5 Å². The van der Waals surface area contributed by atoms with Crippen molar-refractivity contribution in [2.75, 3.05) is 27.4 Å². The second-order valence-electron chi connectivity index (χ2n) is 17.5. The van der Waals surface area contributed by atoms with Gasteiger partial charge in [-0.2, -0.15) is 0 Å². The second kappa shape index (κ2) is 15.4. The number of fused-ring (bicyclic) bond motifs is 6. The number of benzene rings is 2. The summed E-state index contributed by atoms with van der Waals surface area (Å²) < 4.78 is 22.5. The monoisotopic (exact) mass is 793 g/mol. The first kappa shape index (κ1) is 39.5. The van der Waals surface area contributed by atoms with Gasteiger partial charge >= 0.3 is 12.2 Å². The van der Waals surface area contributed by atoms with Gasteiger partial charge in [-0.15, -0.1) is 0 Å². The van der Waals surface area contributed by atoms with E-state index in [4.69, 9.17) is 28.9 Å². The molecule has 4 aliphatic rings. The van der Waals surface area contributed by atoms with E-state index in [9.17, 15) is 14.4 Å². The number of aromatic amines is 2. The normalized spacial score (nSPS) is 21.5. The van der Waals surface area contributed by atoms with Gasteiger partial charge in [0.25, 0.3) is 0 Å². The minimum Gasteiger partial charge on any atom is -0.488 e. The fourth-order valence-corrected chi connectivity index (χ4v) is 9.13. The van der Waals surface area contributed by atoms with Crippen LogP contribution in [0.3, 0.4) is 0 Å². The van der Waals surface area contributed by atoms with Gasteiger partial charge in [0.15, 0.2) is 0 Å². The fourth-order valence-electron chi connectivity index (χ4n) is 9.13. The Labute approximate surface area is 339 Å². The van der Waals surface area contributed by atoms with Crippen LogP contribution in [0.5, 0.6) is 5.75 Å². The molecule has 5 atom stereocenters. The van der Waals surface area contributed by atoms with Crippen molar-refractivity contribution in [2.45, 2.75) is 110 Å². The molecule has 4 aromatic rings. The van der Waals surface area contributed by atoms with Crippen molar-refractivity contribution in [1.82, 2.24) is 35.1 Å². The van der Waals surface area contributed by atoms with Crippen molar-refractivity contribution < 1.29 is 33.3 Å². The number of nitrogens with one attached hydrogen (secondary N) is 3. The molecule has 0 radical (unpaired) electrons. The summed E-state index contributed by atoms with van der Waals surface area (Å²) in [5.41, 5.74) is 8.73. The lowest BCUT2D eigenvalue weighted by atomic mass is 9.86. The Balaban J connectivity index is 1.03. The standard InChI is InChI=1S/C44H55N7O7/c1-23(2)37(49-42(53)56-8)41(52)51-24(3)9-14-34(51)40-46-32-13-11-26-17-31-29-12-10-27(16-28(29)22-57-36(31)18-30(26)38(32)48-40)33-19-45-39(47-33)35-15-25(21-55-7)20-50(35)43(54)58-44(4,5)6/h10,12,16-19,23-25,34-35,37H,9,11,13-15,20-22H2,1-8H3,(H,45,47)(H,46,48)(H,49,53)/t24?,25-,34?,35?,37?/m0/s1. The lowest BCUT2D eigenvalue weighted by molar-refractivity contribution is -0.137. The van der Waals surface area contributed by atoms with Gasteiger partial charge in [-0.3, -0.25) is 9.69 Å². The van der Waals surface area contributed by atoms with Crippen LogP contribution < -0.4 is 10.1 Å². The number of ether oxygens (including phenoxy) is 4. The van der Waals surface area contributed by atoms with E-state index in [0.717, 1.165) is 94.4 Å². The van der Waals surface area contributed by atoms with E-state index in [1.165, 1.54) is 12.7 Å². The van der Waals surface area contributed by atoms with Crippen LogP contribution in [-0.2, 0) is 38.5 Å². The molecule has 2 saturated heterocycles. The minimum atomic E-state index is -0.705. The molecule has 3 aliphatic heterocycles. The zero-order valence-electron chi connectivity index (χ0n) is 34.7. The Hall–Kier alpha value is -5.37. The van der Waals surface area contributed by atoms with Crippen LogP contribution in [-0.4, -0.2) is 92.9 Å². The van der Waals surface area contributed by atoms with E-state index >= 15 is 0 Å². The smallest absolute Gasteiger partial charge is 0.410 e. The molecule has 0 saturated carbocycles. The second-order valence-corrected chi connectivity index (χ2v) is 17.5. The number of nitrogens with zero attached hydrogens (tertiary/aromatic N) is 4. The number of hydrogen-bond acceptors (Lipinski definition) is 9. The summed E-state index contributed by atoms with van der Waals surface area (Å²) in [4.78, 5) is 60.1. The lowest BCUT2D eigenvalue weighted by Gasteiger charge is -2.32. The van der Waals surface area contributed by atoms with Gasteiger partial charge in [-0.05, 0) is 106 Å². The minimum absolute atomic E-state index is 0.000371. The molecule has 14 nitrogen and oxygen atoms in total. The van der Waals surface area contributed by atoms with Gasteiger partial charge in [0, 0.05) is 42.4 Å². The average molecular weight is 794 g/mol. The van der Waals surface area contributed by atoms with Crippen LogP contribution in [0, 0.1) is 11.8 Å². The van der Waals surface area contributed by atoms with Crippen LogP contribution >= 0.6 is 0 Å². The van der Waals surface area contributed by atoms with Gasteiger partial charge in [0.05, 0.1) is 43.4 Å². The number of rotatable bonds is 8. The molecule has 308 valence electrons. The zero-order valence-corrected chi connectivity index (χ0v) is 34.7. The maximum absolute atomic E-state index is 14.0. The van der Waals surface area contributed by atoms with E-state index in [2.05, 4.69) is 52.5 Å². The highest BCUT2D eigenvalue weighted by Gasteiger charge is 2.43. The summed E-state index contributed by atoms with van der Waals surface area (Å²) in [6.07, 6.45) is 4.86. The first-order chi connectivity index (χ1) is 27.7. The number of imidazole rings is 2. The number of carbonyl (C=O) groups is 3. The van der Waals surface area contributed by atoms with Crippen molar-refractivity contribution in [2.24, 2.45) is 11.8 Å². The third kappa shape index (κ3) is 7.42. The molecule has 3 amide bonds. The van der Waals surface area contributed by atoms with E-state index in [-0.39, 0.29) is 42.0 Å². The van der Waals surface area contributed by atoms with Crippen LogP contribution in [0.1, 0.15) is 101 Å². The Morgan fingerprint density at radius 2 is 1.79 bits per heavy atom. The Kier molecular flexibility index (Phi) is 10.5. The summed E-state index contributed by atoms with van der Waals surface area (Å²) in [5, 5.41) is 2.75. The van der Waals surface area contributed by atoms with Gasteiger partial charge in [0.2, 0.25) is 5.91 Å². The molecule has 1 aliphatic carbocycles. The van der Waals surface area contributed by atoms with Crippen molar-refractivity contribution in [3.8, 4) is 39.4 Å². The van der Waals surface area contributed by atoms with E-state index in [0.29, 0.717) is 19.8 Å². The molecule has 0 spiro atoms. The summed E-state index contributed by atoms with van der Waals surface area (Å²) in [5.74, 6) is 2.25. The molecule has 14 heteroatoms. The first-order valence-electron chi connectivity index (χ1n) is 20.5. The number of hydrogen-bond donors (Lipinski definition) is 3. The highest BCUT2D eigenvalue weighted by atomic mass is 16.6. The quantitative estimate of drug-likeness (QED) is 0.164. The average Bonchev–Trinajstić information content (AvgIpc) is 4.00. The van der Waals surface area contributed by atoms with E-state index in [1.54, 1.807) is 12.0 Å². The van der Waals surface area contributed by atoms with Gasteiger partial charge in [-0.1, -0.05) is 26.0 Å². The lowest BCUT2D eigenvalue weighted by Crippen LogP contribution is -2.52. The highest BCUT2D eigenvalue weighted by Crippen LogP contribution is 2.46. The number of methoxy groups -OCH3 is 2. The Morgan fingerprint density at radius 3 is 2.53 bits per heavy atom. The summed E-state index contributed by atoms with van der Waals surface area (Å²) >= 11 is 0. The summed E-state index contributed by atoms with van der Waals surface area (Å²) in [7, 11) is 2.99. The molecular formula is C44H55N7O7. The SMILES string of the molecule is COC[C@H]1CC(c2ncc(-c3ccc4c(c3)COc3cc5c(cc3-4)CCc3[nH]c(C4CCC(C)N4C(=O)C(NC(=O)OC)C(C)C)nc3-5)[nH]2)N(C(=O)OC(C)(C)C)C1. The van der Waals surface area contributed by atoms with Crippen LogP contribution in [0.4, 0.5) is 9.59 Å². The maximum Gasteiger partial charge on any atom is 0.410 e. The predicted molar refractivity (Wildman–Crippen MR) is 217 cm³/mol. The van der Waals surface area contributed by atoms with E-state index < -0.39 is 17.7 Å². The molecule has 3 N–H and O–H groups in total. The third-order valence-electron chi connectivity index (χ3n) is 12.0. The molecule has 2 aromatic heterocycles.